The molecule has 3 aromatic carbocycles. The summed E-state index contributed by atoms with van der Waals surface area (Å²) in [4.78, 5) is 0. The van der Waals surface area contributed by atoms with E-state index >= 15 is 0 Å². The molecule has 0 bridgehead atoms. The van der Waals surface area contributed by atoms with Crippen LogP contribution in [0.25, 0.3) is 0 Å². The maximum atomic E-state index is 5.43. The Morgan fingerprint density at radius 2 is 0.782 bits per heavy atom. The summed E-state index contributed by atoms with van der Waals surface area (Å²) in [5, 5.41) is 0.896. The smallest absolute Gasteiger partial charge is 0.208 e. The number of halogens is 4. The van der Waals surface area contributed by atoms with Crippen LogP contribution in [0.3, 0.4) is 0 Å². The fraction of sp³-hybridized carbons (Fsp3) is 0.436. The first-order valence-corrected chi connectivity index (χ1v) is 21.6. The lowest BCUT2D eigenvalue weighted by atomic mass is 10.0. The number of alkyl halides is 1. The molecular formula is C39H56Br4O12. The lowest BCUT2D eigenvalue weighted by molar-refractivity contribution is 0.302. The molecule has 0 spiro atoms. The molecule has 0 saturated carbocycles. The van der Waals surface area contributed by atoms with Gasteiger partial charge in [-0.3, -0.25) is 0 Å². The number of hydrogen-bond donors (Lipinski definition) is 0. The van der Waals surface area contributed by atoms with Gasteiger partial charge in [-0.2, -0.15) is 0 Å². The van der Waals surface area contributed by atoms with Gasteiger partial charge in [0.1, 0.15) is 0 Å². The molecule has 0 saturated heterocycles. The van der Waals surface area contributed by atoms with Crippen LogP contribution in [0, 0.1) is 20.8 Å². The Bertz CT molecular complexity index is 1580. The van der Waals surface area contributed by atoms with Gasteiger partial charge in [-0.15, -0.1) is 13.2 Å². The Morgan fingerprint density at radius 1 is 0.455 bits per heavy atom. The molecule has 12 nitrogen and oxygen atoms in total. The predicted octanol–water partition coefficient (Wildman–Crippen LogP) is 10.8. The van der Waals surface area contributed by atoms with Crippen LogP contribution in [0.2, 0.25) is 0 Å². The summed E-state index contributed by atoms with van der Waals surface area (Å²) < 4.78 is 64.4. The second-order valence-corrected chi connectivity index (χ2v) is 11.7. The van der Waals surface area contributed by atoms with Crippen molar-refractivity contribution >= 4 is 60.1 Å². The van der Waals surface area contributed by atoms with Crippen LogP contribution in [-0.4, -0.2) is 90.6 Å². The Kier molecular flexibility index (Phi) is 29.2. The average Bonchev–Trinajstić information content (AvgIpc) is 3.22. The number of allylic oxidation sites excluding steroid dienone is 2. The van der Waals surface area contributed by atoms with E-state index in [1.54, 1.807) is 91.4 Å². The number of rotatable bonds is 15. The number of methoxy groups -OCH3 is 12. The molecule has 0 atom stereocenters. The first kappa shape index (κ1) is 53.8. The predicted molar refractivity (Wildman–Crippen MR) is 236 cm³/mol. The Hall–Kier alpha value is -3.34. The molecular weight excluding hydrogens is 980 g/mol. The minimum absolute atomic E-state index is 0.513. The van der Waals surface area contributed by atoms with E-state index in [2.05, 4.69) is 73.3 Å². The topological polar surface area (TPSA) is 111 Å². The van der Waals surface area contributed by atoms with E-state index in [4.69, 9.17) is 56.8 Å². The molecule has 0 amide bonds. The molecule has 0 unspecified atom stereocenters. The number of ether oxygens (including phenoxy) is 12. The van der Waals surface area contributed by atoms with E-state index in [-0.39, 0.29) is 0 Å². The molecule has 3 rings (SSSR count). The lowest BCUT2D eigenvalue weighted by Crippen LogP contribution is -2.04. The maximum absolute atomic E-state index is 5.43. The monoisotopic (exact) mass is 1030 g/mol. The maximum Gasteiger partial charge on any atom is 0.208 e. The van der Waals surface area contributed by atoms with Crippen molar-refractivity contribution in [1.82, 2.24) is 0 Å². The van der Waals surface area contributed by atoms with Crippen molar-refractivity contribution in [3.63, 3.8) is 0 Å². The quantitative estimate of drug-likeness (QED) is 0.107. The summed E-state index contributed by atoms with van der Waals surface area (Å²) in [6, 6.07) is 1.85. The van der Waals surface area contributed by atoms with Gasteiger partial charge in [-0.25, -0.2) is 0 Å². The summed E-state index contributed by atoms with van der Waals surface area (Å²) >= 11 is 12.1. The Labute approximate surface area is 359 Å². The molecule has 0 fully saturated rings. The van der Waals surface area contributed by atoms with Crippen molar-refractivity contribution in [3.05, 3.63) is 58.1 Å². The second kappa shape index (κ2) is 29.9. The summed E-state index contributed by atoms with van der Waals surface area (Å²) in [7, 11) is 19.0. The van der Waals surface area contributed by atoms with Gasteiger partial charge in [-0.1, -0.05) is 28.1 Å². The summed E-state index contributed by atoms with van der Waals surface area (Å²) in [5.41, 5.74) is 3.79. The average molecular weight is 1040 g/mol. The summed E-state index contributed by atoms with van der Waals surface area (Å²) in [5.74, 6) is 7.06. The van der Waals surface area contributed by atoms with Crippen LogP contribution >= 0.6 is 60.1 Å². The second-order valence-electron chi connectivity index (χ2n) is 10.2. The molecule has 0 aromatic heterocycles. The third kappa shape index (κ3) is 14.0. The Morgan fingerprint density at radius 3 is 1.11 bits per heavy atom. The van der Waals surface area contributed by atoms with E-state index in [0.29, 0.717) is 75.4 Å². The van der Waals surface area contributed by atoms with Gasteiger partial charge >= 0.3 is 0 Å². The van der Waals surface area contributed by atoms with Gasteiger partial charge < -0.3 is 56.8 Å². The van der Waals surface area contributed by atoms with E-state index in [1.807, 2.05) is 32.9 Å². The van der Waals surface area contributed by atoms with Crippen LogP contribution < -0.4 is 56.8 Å². The minimum atomic E-state index is 0.513. The standard InChI is InChI=1S/C14H20O4.C11H15BrO4.C11H16O4.C3H5Br.Br2/c1-7-8-10-9(2)11(15-3)13(17-5)14(18-6)12(10)16-4;1-6-7(12)9(14-3)11(16-5)10(15-4)8(6)13-2;1-7-6-8(12-2)10(14-4)11(15-5)9(7)13-3;1-2-3-4;1-2/h7H,1,8H2,2-6H3;1-5H3;6H,1-5H3;2H,1,3H2;. The third-order valence-corrected chi connectivity index (χ3v) is 8.85. The number of hydrogen-bond acceptors (Lipinski definition) is 12. The molecule has 0 N–H and O–H groups in total. The normalized spacial score (nSPS) is 9.29. The largest absolute Gasteiger partial charge is 0.493 e. The van der Waals surface area contributed by atoms with Crippen LogP contribution in [0.15, 0.2) is 35.8 Å². The van der Waals surface area contributed by atoms with Crippen LogP contribution in [0.1, 0.15) is 22.3 Å². The molecule has 0 aliphatic carbocycles. The van der Waals surface area contributed by atoms with E-state index in [1.165, 1.54) is 0 Å². The van der Waals surface area contributed by atoms with Crippen LogP contribution in [-0.2, 0) is 6.42 Å². The van der Waals surface area contributed by atoms with Crippen molar-refractivity contribution in [3.8, 4) is 69.0 Å². The van der Waals surface area contributed by atoms with E-state index in [9.17, 15) is 0 Å². The van der Waals surface area contributed by atoms with Crippen molar-refractivity contribution < 1.29 is 56.8 Å². The fourth-order valence-electron chi connectivity index (χ4n) is 5.09. The zero-order chi connectivity index (χ0) is 42.8. The zero-order valence-electron chi connectivity index (χ0n) is 34.5. The van der Waals surface area contributed by atoms with Gasteiger partial charge in [-0.05, 0) is 54.8 Å². The zero-order valence-corrected chi connectivity index (χ0v) is 40.8. The van der Waals surface area contributed by atoms with Crippen LogP contribution in [0.5, 0.6) is 69.0 Å². The molecule has 0 aliphatic rings. The molecule has 0 radical (unpaired) electrons. The summed E-state index contributed by atoms with van der Waals surface area (Å²) in [6.45, 7) is 13.0. The molecule has 312 valence electrons. The number of benzene rings is 3. The summed E-state index contributed by atoms with van der Waals surface area (Å²) in [6.07, 6.45) is 4.28. The van der Waals surface area contributed by atoms with Crippen molar-refractivity contribution in [1.29, 1.82) is 0 Å². The van der Waals surface area contributed by atoms with Gasteiger partial charge in [0, 0.05) is 50.3 Å². The number of aryl methyl sites for hydroxylation is 1. The highest BCUT2D eigenvalue weighted by molar-refractivity contribution is 9.93. The highest BCUT2D eigenvalue weighted by Gasteiger charge is 2.25. The Balaban J connectivity index is 0. The molecule has 3 aromatic rings. The fourth-order valence-corrected chi connectivity index (χ4v) is 5.62. The van der Waals surface area contributed by atoms with Crippen molar-refractivity contribution in [2.24, 2.45) is 0 Å². The van der Waals surface area contributed by atoms with Gasteiger partial charge in [0.05, 0.1) is 89.8 Å². The van der Waals surface area contributed by atoms with Gasteiger partial charge in [0.25, 0.3) is 0 Å². The van der Waals surface area contributed by atoms with E-state index < -0.39 is 0 Å². The molecule has 0 heterocycles. The molecule has 0 aliphatic heterocycles. The highest BCUT2D eigenvalue weighted by Crippen LogP contribution is 2.52. The first-order chi connectivity index (χ1) is 26.4. The molecule has 55 heavy (non-hydrogen) atoms. The third-order valence-electron chi connectivity index (χ3n) is 7.44. The lowest BCUT2D eigenvalue weighted by Gasteiger charge is -2.20. The minimum Gasteiger partial charge on any atom is -0.493 e. The van der Waals surface area contributed by atoms with Crippen LogP contribution in [0.4, 0.5) is 0 Å². The van der Waals surface area contributed by atoms with Gasteiger partial charge in [0.15, 0.2) is 34.5 Å². The highest BCUT2D eigenvalue weighted by atomic mass is 80.9. The first-order valence-electron chi connectivity index (χ1n) is 16.0. The van der Waals surface area contributed by atoms with Crippen molar-refractivity contribution in [2.75, 3.05) is 90.6 Å². The van der Waals surface area contributed by atoms with Gasteiger partial charge in [0.2, 0.25) is 34.5 Å². The molecule has 16 heteroatoms. The SMILES string of the molecule is BrBr.C=CCBr.C=CCc1c(C)c(OC)c(OC)c(OC)c1OC.COc1c(C)c(Br)c(OC)c(OC)c1OC.COc1cc(C)c(OC)c(OC)c1OC. The van der Waals surface area contributed by atoms with Crippen molar-refractivity contribution in [2.45, 2.75) is 27.2 Å². The van der Waals surface area contributed by atoms with E-state index in [0.717, 1.165) is 32.1 Å².